The zero-order valence-corrected chi connectivity index (χ0v) is 12.4. The van der Waals surface area contributed by atoms with Crippen LogP contribution in [0, 0.1) is 6.92 Å². The molecule has 0 radical (unpaired) electrons. The zero-order valence-electron chi connectivity index (χ0n) is 12.4. The second kappa shape index (κ2) is 5.84. The van der Waals surface area contributed by atoms with Crippen molar-refractivity contribution in [2.75, 3.05) is 0 Å². The normalized spacial score (nSPS) is 13.6. The first-order valence-electron chi connectivity index (χ1n) is 6.89. The number of benzene rings is 1. The van der Waals surface area contributed by atoms with Crippen molar-refractivity contribution in [2.45, 2.75) is 19.9 Å². The molecule has 9 heteroatoms. The number of imide groups is 1. The molecular weight excluding hydrogens is 324 g/mol. The molecule has 7 nitrogen and oxygen atoms in total. The summed E-state index contributed by atoms with van der Waals surface area (Å²) in [7, 11) is 0. The SMILES string of the molecule is Cc1cc(C(F)F)n(CC(=O)ON2C(=O)c3ccccc3C2=O)n1. The number of hydrogen-bond acceptors (Lipinski definition) is 5. The molecule has 3 rings (SSSR count). The number of alkyl halides is 2. The summed E-state index contributed by atoms with van der Waals surface area (Å²) in [4.78, 5) is 40.8. The average molecular weight is 335 g/mol. The van der Waals surface area contributed by atoms with E-state index in [4.69, 9.17) is 4.84 Å². The quantitative estimate of drug-likeness (QED) is 0.797. The summed E-state index contributed by atoms with van der Waals surface area (Å²) in [6, 6.07) is 7.12. The van der Waals surface area contributed by atoms with Gasteiger partial charge in [-0.15, -0.1) is 0 Å². The monoisotopic (exact) mass is 335 g/mol. The van der Waals surface area contributed by atoms with E-state index in [2.05, 4.69) is 5.10 Å². The van der Waals surface area contributed by atoms with Crippen molar-refractivity contribution < 1.29 is 28.0 Å². The van der Waals surface area contributed by atoms with Gasteiger partial charge in [0.1, 0.15) is 12.2 Å². The van der Waals surface area contributed by atoms with Crippen molar-refractivity contribution in [3.63, 3.8) is 0 Å². The summed E-state index contributed by atoms with van der Waals surface area (Å²) in [6.45, 7) is 0.846. The molecule has 1 aromatic heterocycles. The molecule has 0 atom stereocenters. The second-order valence-corrected chi connectivity index (χ2v) is 5.08. The standard InChI is InChI=1S/C15H11F2N3O4/c1-8-6-11(13(16)17)19(18-8)7-12(21)24-20-14(22)9-4-2-3-5-10(9)15(20)23/h2-6,13H,7H2,1H3. The number of aryl methyl sites for hydroxylation is 1. The summed E-state index contributed by atoms with van der Waals surface area (Å²) in [5.74, 6) is -2.63. The van der Waals surface area contributed by atoms with Crippen molar-refractivity contribution in [2.24, 2.45) is 0 Å². The van der Waals surface area contributed by atoms with Crippen LogP contribution in [0.3, 0.4) is 0 Å². The Labute approximate surface area is 134 Å². The number of fused-ring (bicyclic) bond motifs is 1. The molecule has 0 bridgehead atoms. The van der Waals surface area contributed by atoms with Crippen LogP contribution < -0.4 is 0 Å². The Bertz CT molecular complexity index is 812. The number of amides is 2. The van der Waals surface area contributed by atoms with Gasteiger partial charge < -0.3 is 4.84 Å². The van der Waals surface area contributed by atoms with Crippen molar-refractivity contribution in [1.82, 2.24) is 14.8 Å². The third-order valence-corrected chi connectivity index (χ3v) is 3.39. The average Bonchev–Trinajstić information content (AvgIpc) is 3.01. The van der Waals surface area contributed by atoms with E-state index in [0.29, 0.717) is 10.8 Å². The van der Waals surface area contributed by atoms with Gasteiger partial charge in [-0.1, -0.05) is 17.2 Å². The molecular formula is C15H11F2N3O4. The molecule has 0 fully saturated rings. The van der Waals surface area contributed by atoms with Crippen LogP contribution in [-0.2, 0) is 16.2 Å². The van der Waals surface area contributed by atoms with Gasteiger partial charge in [-0.25, -0.2) is 13.6 Å². The molecule has 0 N–H and O–H groups in total. The fraction of sp³-hybridized carbons (Fsp3) is 0.200. The predicted molar refractivity (Wildman–Crippen MR) is 75.0 cm³/mol. The number of hydrogen-bond donors (Lipinski definition) is 0. The van der Waals surface area contributed by atoms with Crippen LogP contribution in [0.2, 0.25) is 0 Å². The Morgan fingerprint density at radius 2 is 1.79 bits per heavy atom. The fourth-order valence-electron chi connectivity index (χ4n) is 2.37. The maximum Gasteiger partial charge on any atom is 0.354 e. The summed E-state index contributed by atoms with van der Waals surface area (Å²) in [5, 5.41) is 4.10. The highest BCUT2D eigenvalue weighted by Gasteiger charge is 2.38. The number of aromatic nitrogens is 2. The van der Waals surface area contributed by atoms with Gasteiger partial charge in [0, 0.05) is 0 Å². The molecule has 1 aromatic carbocycles. The van der Waals surface area contributed by atoms with Gasteiger partial charge in [-0.3, -0.25) is 14.3 Å². The lowest BCUT2D eigenvalue weighted by Gasteiger charge is -2.13. The molecule has 0 saturated heterocycles. The third-order valence-electron chi connectivity index (χ3n) is 3.39. The first-order chi connectivity index (χ1) is 11.4. The highest BCUT2D eigenvalue weighted by atomic mass is 19.3. The molecule has 2 aromatic rings. The number of carbonyl (C=O) groups excluding carboxylic acids is 3. The van der Waals surface area contributed by atoms with E-state index < -0.39 is 36.4 Å². The van der Waals surface area contributed by atoms with E-state index >= 15 is 0 Å². The van der Waals surface area contributed by atoms with E-state index in [1.165, 1.54) is 19.1 Å². The summed E-state index contributed by atoms with van der Waals surface area (Å²) in [6.07, 6.45) is -2.82. The number of halogens is 2. The Morgan fingerprint density at radius 3 is 2.33 bits per heavy atom. The minimum atomic E-state index is -2.82. The van der Waals surface area contributed by atoms with E-state index in [9.17, 15) is 23.2 Å². The van der Waals surface area contributed by atoms with Crippen LogP contribution in [0.15, 0.2) is 30.3 Å². The maximum absolute atomic E-state index is 12.9. The van der Waals surface area contributed by atoms with Crippen molar-refractivity contribution in [3.05, 3.63) is 52.8 Å². The lowest BCUT2D eigenvalue weighted by atomic mass is 10.1. The van der Waals surface area contributed by atoms with Crippen LogP contribution >= 0.6 is 0 Å². The van der Waals surface area contributed by atoms with Gasteiger partial charge in [-0.2, -0.15) is 5.10 Å². The molecule has 124 valence electrons. The topological polar surface area (TPSA) is 81.5 Å². The van der Waals surface area contributed by atoms with Crippen LogP contribution in [0.1, 0.15) is 38.5 Å². The zero-order chi connectivity index (χ0) is 17.4. The molecule has 0 aliphatic carbocycles. The smallest absolute Gasteiger partial charge is 0.328 e. The van der Waals surface area contributed by atoms with E-state index in [0.717, 1.165) is 10.7 Å². The number of carbonyl (C=O) groups is 3. The first-order valence-corrected chi connectivity index (χ1v) is 6.89. The molecule has 0 saturated carbocycles. The Kier molecular flexibility index (Phi) is 3.84. The molecule has 2 heterocycles. The molecule has 24 heavy (non-hydrogen) atoms. The minimum Gasteiger partial charge on any atom is -0.328 e. The van der Waals surface area contributed by atoms with Gasteiger partial charge in [0.25, 0.3) is 18.2 Å². The van der Waals surface area contributed by atoms with E-state index in [1.54, 1.807) is 12.1 Å². The highest BCUT2D eigenvalue weighted by molar-refractivity contribution is 6.20. The first kappa shape index (κ1) is 15.8. The molecule has 0 spiro atoms. The maximum atomic E-state index is 12.9. The summed E-state index contributed by atoms with van der Waals surface area (Å²) in [5.41, 5.74) is 0.0719. The number of nitrogens with zero attached hydrogens (tertiary/aromatic N) is 3. The summed E-state index contributed by atoms with van der Waals surface area (Å²) < 4.78 is 26.5. The third kappa shape index (κ3) is 2.64. The van der Waals surface area contributed by atoms with Crippen LogP contribution in [0.25, 0.3) is 0 Å². The highest BCUT2D eigenvalue weighted by Crippen LogP contribution is 2.23. The molecule has 0 unspecified atom stereocenters. The largest absolute Gasteiger partial charge is 0.354 e. The van der Waals surface area contributed by atoms with Crippen molar-refractivity contribution in [3.8, 4) is 0 Å². The lowest BCUT2D eigenvalue weighted by molar-refractivity contribution is -0.169. The van der Waals surface area contributed by atoms with Gasteiger partial charge in [0.15, 0.2) is 0 Å². The Morgan fingerprint density at radius 1 is 1.21 bits per heavy atom. The van der Waals surface area contributed by atoms with Gasteiger partial charge >= 0.3 is 5.97 Å². The Hall–Kier alpha value is -3.10. The lowest BCUT2D eigenvalue weighted by Crippen LogP contribution is -2.34. The Balaban J connectivity index is 1.75. The van der Waals surface area contributed by atoms with E-state index in [1.807, 2.05) is 0 Å². The van der Waals surface area contributed by atoms with Crippen molar-refractivity contribution >= 4 is 17.8 Å². The van der Waals surface area contributed by atoms with Gasteiger partial charge in [0.2, 0.25) is 0 Å². The summed E-state index contributed by atoms with van der Waals surface area (Å²) >= 11 is 0. The molecule has 2 amide bonds. The van der Waals surface area contributed by atoms with E-state index in [-0.39, 0.29) is 11.1 Å². The van der Waals surface area contributed by atoms with Crippen molar-refractivity contribution in [1.29, 1.82) is 0 Å². The predicted octanol–water partition coefficient (Wildman–Crippen LogP) is 1.88. The fourth-order valence-corrected chi connectivity index (χ4v) is 2.37. The second-order valence-electron chi connectivity index (χ2n) is 5.08. The molecule has 1 aliphatic rings. The number of rotatable bonds is 4. The van der Waals surface area contributed by atoms with Crippen LogP contribution in [0.5, 0.6) is 0 Å². The van der Waals surface area contributed by atoms with Gasteiger partial charge in [0.05, 0.1) is 16.8 Å². The minimum absolute atomic E-state index is 0.110. The van der Waals surface area contributed by atoms with Crippen LogP contribution in [-0.4, -0.2) is 32.6 Å². The number of hydroxylamine groups is 2. The van der Waals surface area contributed by atoms with Gasteiger partial charge in [-0.05, 0) is 25.1 Å². The molecule has 1 aliphatic heterocycles. The van der Waals surface area contributed by atoms with Crippen LogP contribution in [0.4, 0.5) is 8.78 Å².